The van der Waals surface area contributed by atoms with Gasteiger partial charge in [-0.2, -0.15) is 0 Å². The monoisotopic (exact) mass is 427 g/mol. The number of alkyl carbamates (subject to hydrolysis) is 1. The number of aromatic nitrogens is 2. The van der Waals surface area contributed by atoms with Crippen molar-refractivity contribution in [1.29, 1.82) is 0 Å². The Bertz CT molecular complexity index is 953. The quantitative estimate of drug-likeness (QED) is 0.715. The van der Waals surface area contributed by atoms with Crippen LogP contribution in [0.15, 0.2) is 33.9 Å². The highest BCUT2D eigenvalue weighted by Gasteiger charge is 2.31. The van der Waals surface area contributed by atoms with Gasteiger partial charge < -0.3 is 14.5 Å². The molecule has 0 unspecified atom stereocenters. The van der Waals surface area contributed by atoms with Crippen LogP contribution in [-0.2, 0) is 20.3 Å². The standard InChI is InChI=1S/C19H26FN3O5S/c1-6-12(2)15(21-17(24)28-19(3,4)5)16-22-23-18(27-16)29(25,26)11-13-9-7-8-10-14(13)20/h7-10,12,15H,6,11H2,1-5H3,(H,21,24)/t12-,15+/m0/s1. The van der Waals surface area contributed by atoms with Crippen LogP contribution in [0.1, 0.15) is 58.5 Å². The Morgan fingerprint density at radius 1 is 1.28 bits per heavy atom. The third-order valence-electron chi connectivity index (χ3n) is 4.14. The van der Waals surface area contributed by atoms with E-state index in [0.29, 0.717) is 6.42 Å². The van der Waals surface area contributed by atoms with Gasteiger partial charge in [-0.1, -0.05) is 43.6 Å². The molecule has 1 aromatic carbocycles. The molecule has 1 amide bonds. The third kappa shape index (κ3) is 6.25. The van der Waals surface area contributed by atoms with Crippen LogP contribution in [0.2, 0.25) is 0 Å². The maximum absolute atomic E-state index is 13.8. The summed E-state index contributed by atoms with van der Waals surface area (Å²) in [6.45, 7) is 8.93. The van der Waals surface area contributed by atoms with Crippen LogP contribution in [0.5, 0.6) is 0 Å². The largest absolute Gasteiger partial charge is 0.444 e. The molecule has 0 aliphatic carbocycles. The zero-order valence-corrected chi connectivity index (χ0v) is 17.9. The van der Waals surface area contributed by atoms with Gasteiger partial charge in [-0.25, -0.2) is 17.6 Å². The summed E-state index contributed by atoms with van der Waals surface area (Å²) < 4.78 is 49.6. The van der Waals surface area contributed by atoms with Gasteiger partial charge in [0.25, 0.3) is 0 Å². The number of carbonyl (C=O) groups excluding carboxylic acids is 1. The maximum Gasteiger partial charge on any atom is 0.408 e. The van der Waals surface area contributed by atoms with Gasteiger partial charge in [-0.3, -0.25) is 0 Å². The van der Waals surface area contributed by atoms with Crippen molar-refractivity contribution in [3.63, 3.8) is 0 Å². The molecule has 2 aromatic rings. The van der Waals surface area contributed by atoms with Crippen molar-refractivity contribution in [2.24, 2.45) is 5.92 Å². The molecule has 0 bridgehead atoms. The van der Waals surface area contributed by atoms with Crippen molar-refractivity contribution in [1.82, 2.24) is 15.5 Å². The van der Waals surface area contributed by atoms with Gasteiger partial charge in [0, 0.05) is 5.56 Å². The fraction of sp³-hybridized carbons (Fsp3) is 0.526. The average Bonchev–Trinajstić information content (AvgIpc) is 3.10. The summed E-state index contributed by atoms with van der Waals surface area (Å²) in [5.41, 5.74) is -0.703. The number of nitrogens with zero attached hydrogens (tertiary/aromatic N) is 2. The number of carbonyl (C=O) groups is 1. The van der Waals surface area contributed by atoms with Crippen LogP contribution >= 0.6 is 0 Å². The molecule has 2 rings (SSSR count). The second-order valence-corrected chi connectivity index (χ2v) is 9.63. The number of rotatable bonds is 7. The summed E-state index contributed by atoms with van der Waals surface area (Å²) in [7, 11) is -4.06. The van der Waals surface area contributed by atoms with Crippen LogP contribution in [-0.4, -0.2) is 30.3 Å². The average molecular weight is 427 g/mol. The number of hydrogen-bond acceptors (Lipinski definition) is 7. The van der Waals surface area contributed by atoms with E-state index in [4.69, 9.17) is 9.15 Å². The van der Waals surface area contributed by atoms with Crippen molar-refractivity contribution in [3.05, 3.63) is 41.5 Å². The number of amides is 1. The highest BCUT2D eigenvalue weighted by molar-refractivity contribution is 7.90. The minimum absolute atomic E-state index is 0.00222. The number of sulfone groups is 1. The Kier molecular flexibility index (Phi) is 6.99. The van der Waals surface area contributed by atoms with Crippen molar-refractivity contribution in [2.75, 3.05) is 0 Å². The first-order chi connectivity index (χ1) is 13.4. The van der Waals surface area contributed by atoms with E-state index in [9.17, 15) is 17.6 Å². The second-order valence-electron chi connectivity index (χ2n) is 7.77. The van der Waals surface area contributed by atoms with E-state index in [2.05, 4.69) is 15.5 Å². The molecule has 160 valence electrons. The summed E-state index contributed by atoms with van der Waals surface area (Å²) in [4.78, 5) is 12.2. The molecule has 1 aromatic heterocycles. The zero-order chi connectivity index (χ0) is 21.8. The summed E-state index contributed by atoms with van der Waals surface area (Å²) in [5.74, 6) is -1.45. The SMILES string of the molecule is CC[C@H](C)[C@@H](NC(=O)OC(C)(C)C)c1nnc(S(=O)(=O)Cc2ccccc2F)o1. The first kappa shape index (κ1) is 22.8. The van der Waals surface area contributed by atoms with E-state index in [-0.39, 0.29) is 17.4 Å². The Morgan fingerprint density at radius 3 is 2.52 bits per heavy atom. The third-order valence-corrected chi connectivity index (χ3v) is 5.53. The van der Waals surface area contributed by atoms with Gasteiger partial charge in [0.15, 0.2) is 0 Å². The minimum atomic E-state index is -4.06. The van der Waals surface area contributed by atoms with Gasteiger partial charge >= 0.3 is 11.3 Å². The van der Waals surface area contributed by atoms with Crippen molar-refractivity contribution in [2.45, 2.75) is 63.7 Å². The van der Waals surface area contributed by atoms with Crippen LogP contribution in [0.3, 0.4) is 0 Å². The lowest BCUT2D eigenvalue weighted by atomic mass is 9.99. The lowest BCUT2D eigenvalue weighted by Gasteiger charge is -2.24. The molecule has 1 heterocycles. The minimum Gasteiger partial charge on any atom is -0.444 e. The molecule has 0 saturated carbocycles. The number of halogens is 1. The predicted octanol–water partition coefficient (Wildman–Crippen LogP) is 3.79. The lowest BCUT2D eigenvalue weighted by molar-refractivity contribution is 0.0473. The van der Waals surface area contributed by atoms with E-state index >= 15 is 0 Å². The highest BCUT2D eigenvalue weighted by atomic mass is 32.2. The zero-order valence-electron chi connectivity index (χ0n) is 17.1. The van der Waals surface area contributed by atoms with E-state index < -0.39 is 44.4 Å². The molecule has 0 saturated heterocycles. The molecule has 1 N–H and O–H groups in total. The molecule has 0 spiro atoms. The molecular formula is C19H26FN3O5S. The van der Waals surface area contributed by atoms with E-state index in [0.717, 1.165) is 0 Å². The smallest absolute Gasteiger partial charge is 0.408 e. The van der Waals surface area contributed by atoms with Gasteiger partial charge in [-0.05, 0) is 32.8 Å². The molecule has 0 aliphatic rings. The normalized spacial score (nSPS) is 14.3. The Hall–Kier alpha value is -2.49. The fourth-order valence-corrected chi connectivity index (χ4v) is 3.62. The number of nitrogens with one attached hydrogen (secondary N) is 1. The second kappa shape index (κ2) is 8.89. The van der Waals surface area contributed by atoms with Gasteiger partial charge in [0.1, 0.15) is 17.5 Å². The summed E-state index contributed by atoms with van der Waals surface area (Å²) in [6.07, 6.45) is -0.0306. The topological polar surface area (TPSA) is 111 Å². The number of benzene rings is 1. The first-order valence-corrected chi connectivity index (χ1v) is 10.9. The van der Waals surface area contributed by atoms with Gasteiger partial charge in [-0.15, -0.1) is 5.10 Å². The number of ether oxygens (including phenoxy) is 1. The van der Waals surface area contributed by atoms with Crippen LogP contribution in [0, 0.1) is 11.7 Å². The molecule has 0 fully saturated rings. The Morgan fingerprint density at radius 2 is 1.93 bits per heavy atom. The van der Waals surface area contributed by atoms with Crippen LogP contribution < -0.4 is 5.32 Å². The first-order valence-electron chi connectivity index (χ1n) is 9.22. The summed E-state index contributed by atoms with van der Waals surface area (Å²) in [5, 5.41) is 9.44. The predicted molar refractivity (Wildman–Crippen MR) is 103 cm³/mol. The van der Waals surface area contributed by atoms with Crippen molar-refractivity contribution < 1.29 is 26.8 Å². The maximum atomic E-state index is 13.8. The molecule has 29 heavy (non-hydrogen) atoms. The number of hydrogen-bond donors (Lipinski definition) is 1. The summed E-state index contributed by atoms with van der Waals surface area (Å²) >= 11 is 0. The van der Waals surface area contributed by atoms with Crippen LogP contribution in [0.25, 0.3) is 0 Å². The summed E-state index contributed by atoms with van der Waals surface area (Å²) in [6, 6.07) is 4.82. The lowest BCUT2D eigenvalue weighted by Crippen LogP contribution is -2.37. The molecule has 8 nitrogen and oxygen atoms in total. The highest BCUT2D eigenvalue weighted by Crippen LogP contribution is 2.26. The van der Waals surface area contributed by atoms with E-state index in [1.54, 1.807) is 20.8 Å². The molecule has 2 atom stereocenters. The molecule has 0 radical (unpaired) electrons. The molecule has 10 heteroatoms. The van der Waals surface area contributed by atoms with Crippen molar-refractivity contribution >= 4 is 15.9 Å². The van der Waals surface area contributed by atoms with E-state index in [1.165, 1.54) is 24.3 Å². The van der Waals surface area contributed by atoms with Gasteiger partial charge in [0.05, 0.1) is 5.75 Å². The van der Waals surface area contributed by atoms with Crippen molar-refractivity contribution in [3.8, 4) is 0 Å². The molecule has 0 aliphatic heterocycles. The Balaban J connectivity index is 2.25. The molecular weight excluding hydrogens is 401 g/mol. The Labute approximate surface area is 169 Å². The van der Waals surface area contributed by atoms with Gasteiger partial charge in [0.2, 0.25) is 15.7 Å². The fourth-order valence-electron chi connectivity index (χ4n) is 2.47. The van der Waals surface area contributed by atoms with E-state index in [1.807, 2.05) is 13.8 Å². The van der Waals surface area contributed by atoms with Crippen LogP contribution in [0.4, 0.5) is 9.18 Å².